The van der Waals surface area contributed by atoms with Gasteiger partial charge in [0.1, 0.15) is 0 Å². The van der Waals surface area contributed by atoms with Gasteiger partial charge in [-0.2, -0.15) is 0 Å². The van der Waals surface area contributed by atoms with E-state index in [1.165, 1.54) is 16.0 Å². The molecule has 4 nitrogen and oxygen atoms in total. The highest BCUT2D eigenvalue weighted by Crippen LogP contribution is 2.18. The first-order valence-electron chi connectivity index (χ1n) is 7.97. The van der Waals surface area contributed by atoms with Crippen LogP contribution >= 0.6 is 0 Å². The molecule has 1 aromatic heterocycles. The van der Waals surface area contributed by atoms with E-state index < -0.39 is 0 Å². The molecule has 1 atom stereocenters. The zero-order valence-corrected chi connectivity index (χ0v) is 12.9. The van der Waals surface area contributed by atoms with E-state index in [1.807, 2.05) is 30.3 Å². The van der Waals surface area contributed by atoms with Gasteiger partial charge in [0.05, 0.1) is 18.6 Å². The summed E-state index contributed by atoms with van der Waals surface area (Å²) in [6, 6.07) is 18.1. The van der Waals surface area contributed by atoms with E-state index in [0.29, 0.717) is 12.3 Å². The topological polar surface area (TPSA) is 39.6 Å². The summed E-state index contributed by atoms with van der Waals surface area (Å²) in [6.45, 7) is 2.59. The van der Waals surface area contributed by atoms with Crippen LogP contribution < -0.4 is 10.7 Å². The SMILES string of the molecule is O=c1oc2ccccc2n1C[NH+]1CC=C(c2ccccc2)CC1. The molecule has 0 aliphatic carbocycles. The highest BCUT2D eigenvalue weighted by atomic mass is 16.4. The molecular weight excluding hydrogens is 288 g/mol. The van der Waals surface area contributed by atoms with Gasteiger partial charge in [-0.25, -0.2) is 9.36 Å². The Morgan fingerprint density at radius 3 is 2.61 bits per heavy atom. The van der Waals surface area contributed by atoms with Crippen molar-refractivity contribution in [2.75, 3.05) is 13.1 Å². The monoisotopic (exact) mass is 307 g/mol. The largest absolute Gasteiger partial charge is 0.424 e. The first-order chi connectivity index (χ1) is 11.3. The number of benzene rings is 2. The maximum absolute atomic E-state index is 12.1. The van der Waals surface area contributed by atoms with E-state index in [-0.39, 0.29) is 5.76 Å². The summed E-state index contributed by atoms with van der Waals surface area (Å²) in [5, 5.41) is 0. The summed E-state index contributed by atoms with van der Waals surface area (Å²) in [7, 11) is 0. The molecule has 0 saturated carbocycles. The molecule has 0 bridgehead atoms. The quantitative estimate of drug-likeness (QED) is 0.803. The number of aromatic nitrogens is 1. The van der Waals surface area contributed by atoms with E-state index in [1.54, 1.807) is 4.57 Å². The first-order valence-corrected chi connectivity index (χ1v) is 7.97. The van der Waals surface area contributed by atoms with E-state index in [0.717, 1.165) is 25.0 Å². The average molecular weight is 307 g/mol. The second-order valence-corrected chi connectivity index (χ2v) is 5.97. The molecule has 1 unspecified atom stereocenters. The molecule has 4 rings (SSSR count). The van der Waals surface area contributed by atoms with Crippen LogP contribution in [0.4, 0.5) is 0 Å². The minimum absolute atomic E-state index is 0.267. The summed E-state index contributed by atoms with van der Waals surface area (Å²) in [5.41, 5.74) is 4.24. The normalized spacial score (nSPS) is 18.1. The molecule has 0 fully saturated rings. The zero-order valence-electron chi connectivity index (χ0n) is 12.9. The van der Waals surface area contributed by atoms with Gasteiger partial charge in [0.2, 0.25) is 0 Å². The first kappa shape index (κ1) is 14.0. The summed E-state index contributed by atoms with van der Waals surface area (Å²) in [4.78, 5) is 13.4. The molecule has 1 N–H and O–H groups in total. The van der Waals surface area contributed by atoms with Gasteiger partial charge in [0.15, 0.2) is 12.3 Å². The molecule has 2 heterocycles. The van der Waals surface area contributed by atoms with Gasteiger partial charge in [0, 0.05) is 6.42 Å². The van der Waals surface area contributed by atoms with Crippen LogP contribution in [-0.2, 0) is 6.67 Å². The second kappa shape index (κ2) is 5.89. The molecule has 3 aromatic rings. The van der Waals surface area contributed by atoms with Crippen LogP contribution in [0.15, 0.2) is 69.9 Å². The lowest BCUT2D eigenvalue weighted by Gasteiger charge is -2.23. The summed E-state index contributed by atoms with van der Waals surface area (Å²) in [5.74, 6) is -0.267. The molecule has 116 valence electrons. The number of hydrogen-bond acceptors (Lipinski definition) is 2. The zero-order chi connectivity index (χ0) is 15.6. The van der Waals surface area contributed by atoms with Crippen LogP contribution in [0.3, 0.4) is 0 Å². The third kappa shape index (κ3) is 2.73. The minimum Gasteiger partial charge on any atom is -0.408 e. The van der Waals surface area contributed by atoms with Gasteiger partial charge in [-0.3, -0.25) is 0 Å². The molecule has 23 heavy (non-hydrogen) atoms. The van der Waals surface area contributed by atoms with Gasteiger partial charge in [-0.15, -0.1) is 0 Å². The lowest BCUT2D eigenvalue weighted by Crippen LogP contribution is -3.11. The number of quaternary nitrogens is 1. The van der Waals surface area contributed by atoms with Crippen LogP contribution in [0.2, 0.25) is 0 Å². The van der Waals surface area contributed by atoms with Crippen LogP contribution in [0.25, 0.3) is 16.7 Å². The molecule has 0 amide bonds. The fourth-order valence-corrected chi connectivity index (χ4v) is 3.23. The molecule has 2 aromatic carbocycles. The Balaban J connectivity index is 1.54. The van der Waals surface area contributed by atoms with Gasteiger partial charge in [-0.1, -0.05) is 42.5 Å². The molecule has 4 heteroatoms. The maximum atomic E-state index is 12.1. The van der Waals surface area contributed by atoms with Crippen LogP contribution in [0.5, 0.6) is 0 Å². The van der Waals surface area contributed by atoms with E-state index in [9.17, 15) is 4.79 Å². The number of rotatable bonds is 3. The molecule has 0 saturated heterocycles. The van der Waals surface area contributed by atoms with E-state index >= 15 is 0 Å². The van der Waals surface area contributed by atoms with Crippen LogP contribution in [-0.4, -0.2) is 17.7 Å². The maximum Gasteiger partial charge on any atom is 0.424 e. The van der Waals surface area contributed by atoms with E-state index in [4.69, 9.17) is 4.42 Å². The third-order valence-corrected chi connectivity index (χ3v) is 4.49. The smallest absolute Gasteiger partial charge is 0.408 e. The van der Waals surface area contributed by atoms with Crippen molar-refractivity contribution < 1.29 is 9.32 Å². The predicted octanol–water partition coefficient (Wildman–Crippen LogP) is 1.92. The molecular formula is C19H19N2O2+. The Kier molecular flexibility index (Phi) is 3.60. The number of oxazole rings is 1. The lowest BCUT2D eigenvalue weighted by atomic mass is 10.00. The summed E-state index contributed by atoms with van der Waals surface area (Å²) in [6.07, 6.45) is 3.32. The Bertz CT molecular complexity index is 906. The molecule has 1 aliphatic rings. The predicted molar refractivity (Wildman–Crippen MR) is 90.2 cm³/mol. The lowest BCUT2D eigenvalue weighted by molar-refractivity contribution is -0.917. The molecule has 0 radical (unpaired) electrons. The highest BCUT2D eigenvalue weighted by Gasteiger charge is 2.19. The van der Waals surface area contributed by atoms with Crippen molar-refractivity contribution in [2.24, 2.45) is 0 Å². The molecule has 1 aliphatic heterocycles. The van der Waals surface area contributed by atoms with Crippen molar-refractivity contribution in [3.8, 4) is 0 Å². The van der Waals surface area contributed by atoms with Crippen molar-refractivity contribution in [3.05, 3.63) is 76.8 Å². The Hall–Kier alpha value is -2.59. The Morgan fingerprint density at radius 1 is 1.04 bits per heavy atom. The van der Waals surface area contributed by atoms with Crippen molar-refractivity contribution in [1.29, 1.82) is 0 Å². The average Bonchev–Trinajstić information content (AvgIpc) is 2.92. The van der Waals surface area contributed by atoms with E-state index in [2.05, 4.69) is 30.3 Å². The van der Waals surface area contributed by atoms with Gasteiger partial charge >= 0.3 is 5.76 Å². The Labute approximate surface area is 134 Å². The van der Waals surface area contributed by atoms with Crippen molar-refractivity contribution >= 4 is 16.7 Å². The third-order valence-electron chi connectivity index (χ3n) is 4.49. The Morgan fingerprint density at radius 2 is 1.83 bits per heavy atom. The van der Waals surface area contributed by atoms with Crippen molar-refractivity contribution in [2.45, 2.75) is 13.1 Å². The fourth-order valence-electron chi connectivity index (χ4n) is 3.23. The summed E-state index contributed by atoms with van der Waals surface area (Å²) < 4.78 is 7.05. The number of para-hydroxylation sites is 2. The number of nitrogens with zero attached hydrogens (tertiary/aromatic N) is 1. The standard InChI is InChI=1S/C19H18N2O2/c22-19-21(17-8-4-5-9-18(17)23-19)14-20-12-10-16(11-13-20)15-6-2-1-3-7-15/h1-10H,11-14H2/p+1. The van der Waals surface area contributed by atoms with Crippen molar-refractivity contribution in [1.82, 2.24) is 4.57 Å². The summed E-state index contributed by atoms with van der Waals surface area (Å²) >= 11 is 0. The fraction of sp³-hybridized carbons (Fsp3) is 0.211. The van der Waals surface area contributed by atoms with Gasteiger partial charge in [-0.05, 0) is 29.3 Å². The van der Waals surface area contributed by atoms with Crippen LogP contribution in [0, 0.1) is 0 Å². The van der Waals surface area contributed by atoms with Gasteiger partial charge in [0.25, 0.3) is 0 Å². The van der Waals surface area contributed by atoms with Gasteiger partial charge < -0.3 is 9.32 Å². The molecule has 0 spiro atoms. The number of fused-ring (bicyclic) bond motifs is 1. The number of nitrogens with one attached hydrogen (secondary N) is 1. The van der Waals surface area contributed by atoms with Crippen LogP contribution in [0.1, 0.15) is 12.0 Å². The number of hydrogen-bond donors (Lipinski definition) is 1. The van der Waals surface area contributed by atoms with Crippen molar-refractivity contribution in [3.63, 3.8) is 0 Å². The minimum atomic E-state index is -0.267. The highest BCUT2D eigenvalue weighted by molar-refractivity contribution is 5.72. The second-order valence-electron chi connectivity index (χ2n) is 5.97.